The zero-order valence-electron chi connectivity index (χ0n) is 15.0. The largest absolute Gasteiger partial charge is 0.252 e. The molecule has 0 unspecified atom stereocenters. The van der Waals surface area contributed by atoms with E-state index in [1.165, 1.54) is 33.6 Å². The molecule has 0 aliphatic heterocycles. The number of hydrogen-bond acceptors (Lipinski definition) is 4. The van der Waals surface area contributed by atoms with Gasteiger partial charge in [-0.15, -0.1) is 11.3 Å². The summed E-state index contributed by atoms with van der Waals surface area (Å²) in [5.41, 5.74) is 10.6. The minimum absolute atomic E-state index is 0.519. The number of rotatable bonds is 4. The minimum atomic E-state index is 0.519. The summed E-state index contributed by atoms with van der Waals surface area (Å²) in [6.07, 6.45) is 0. The molecule has 0 fully saturated rings. The Hall–Kier alpha value is -1.88. The lowest BCUT2D eigenvalue weighted by Crippen LogP contribution is -2.05. The fourth-order valence-corrected chi connectivity index (χ4v) is 4.01. The first kappa shape index (κ1) is 18.9. The van der Waals surface area contributed by atoms with Crippen LogP contribution in [0.3, 0.4) is 0 Å². The van der Waals surface area contributed by atoms with Crippen LogP contribution in [0.25, 0.3) is 11.3 Å². The number of halogens is 2. The van der Waals surface area contributed by atoms with E-state index in [0.29, 0.717) is 10.0 Å². The summed E-state index contributed by atoms with van der Waals surface area (Å²) in [6.45, 7) is 8.33. The van der Waals surface area contributed by atoms with Gasteiger partial charge in [0.15, 0.2) is 0 Å². The molecular weight excluding hydrogens is 385 g/mol. The van der Waals surface area contributed by atoms with Gasteiger partial charge in [-0.05, 0) is 51.0 Å². The Bertz CT molecular complexity index is 969. The quantitative estimate of drug-likeness (QED) is 0.380. The normalized spacial score (nSPS) is 11.7. The molecule has 6 heteroatoms. The molecule has 0 saturated heterocycles. The summed E-state index contributed by atoms with van der Waals surface area (Å²) in [5, 5.41) is 8.27. The lowest BCUT2D eigenvalue weighted by molar-refractivity contribution is 1.25. The highest BCUT2D eigenvalue weighted by Gasteiger charge is 2.09. The molecular formula is C20H19Cl2N3S. The van der Waals surface area contributed by atoms with Gasteiger partial charge in [-0.2, -0.15) is 5.10 Å². The molecule has 0 radical (unpaired) electrons. The van der Waals surface area contributed by atoms with E-state index in [1.54, 1.807) is 6.07 Å². The molecule has 3 aromatic rings. The summed E-state index contributed by atoms with van der Waals surface area (Å²) < 4.78 is 0. The first-order chi connectivity index (χ1) is 12.3. The lowest BCUT2D eigenvalue weighted by Gasteiger charge is -2.11. The number of hydrogen-bond donors (Lipinski definition) is 1. The van der Waals surface area contributed by atoms with Crippen molar-refractivity contribution in [2.45, 2.75) is 27.7 Å². The van der Waals surface area contributed by atoms with E-state index in [0.717, 1.165) is 22.1 Å². The number of thiazole rings is 1. The number of aryl methyl sites for hydroxylation is 3. The van der Waals surface area contributed by atoms with Crippen LogP contribution in [-0.2, 0) is 0 Å². The molecule has 3 rings (SSSR count). The third-order valence-corrected chi connectivity index (χ3v) is 5.56. The van der Waals surface area contributed by atoms with Crippen molar-refractivity contribution in [3.63, 3.8) is 0 Å². The maximum atomic E-state index is 6.09. The smallest absolute Gasteiger partial charge is 0.203 e. The average Bonchev–Trinajstić information content (AvgIpc) is 3.03. The van der Waals surface area contributed by atoms with Gasteiger partial charge in [0, 0.05) is 16.5 Å². The molecule has 1 heterocycles. The Kier molecular flexibility index (Phi) is 5.66. The summed E-state index contributed by atoms with van der Waals surface area (Å²) in [4.78, 5) is 4.57. The molecule has 0 saturated carbocycles. The number of nitrogens with one attached hydrogen (secondary N) is 1. The van der Waals surface area contributed by atoms with Crippen LogP contribution in [0.1, 0.15) is 29.2 Å². The van der Waals surface area contributed by atoms with Crippen molar-refractivity contribution in [3.05, 3.63) is 68.0 Å². The van der Waals surface area contributed by atoms with Crippen LogP contribution >= 0.6 is 34.5 Å². The van der Waals surface area contributed by atoms with E-state index in [9.17, 15) is 0 Å². The Morgan fingerprint density at radius 1 is 1.04 bits per heavy atom. The Morgan fingerprint density at radius 2 is 1.73 bits per heavy atom. The average molecular weight is 404 g/mol. The molecule has 0 amide bonds. The molecule has 1 N–H and O–H groups in total. The summed E-state index contributed by atoms with van der Waals surface area (Å²) in [5.74, 6) is 0. The molecule has 134 valence electrons. The fourth-order valence-electron chi connectivity index (χ4n) is 3.05. The van der Waals surface area contributed by atoms with Crippen molar-refractivity contribution >= 4 is 45.4 Å². The van der Waals surface area contributed by atoms with Crippen LogP contribution in [0.2, 0.25) is 10.0 Å². The van der Waals surface area contributed by atoms with Gasteiger partial charge in [-0.25, -0.2) is 4.98 Å². The maximum absolute atomic E-state index is 6.09. The monoisotopic (exact) mass is 403 g/mol. The lowest BCUT2D eigenvalue weighted by atomic mass is 9.97. The van der Waals surface area contributed by atoms with Crippen molar-refractivity contribution in [2.24, 2.45) is 5.10 Å². The fraction of sp³-hybridized carbons (Fsp3) is 0.200. The highest BCUT2D eigenvalue weighted by Crippen LogP contribution is 2.30. The predicted octanol–water partition coefficient (Wildman–Crippen LogP) is 6.88. The molecule has 0 spiro atoms. The Morgan fingerprint density at radius 3 is 2.38 bits per heavy atom. The van der Waals surface area contributed by atoms with Crippen LogP contribution in [0.5, 0.6) is 0 Å². The molecule has 0 aliphatic rings. The molecule has 0 bridgehead atoms. The third kappa shape index (κ3) is 4.09. The van der Waals surface area contributed by atoms with Crippen molar-refractivity contribution in [2.75, 3.05) is 5.43 Å². The molecule has 2 aromatic carbocycles. The second kappa shape index (κ2) is 7.78. The molecule has 3 nitrogen and oxygen atoms in total. The van der Waals surface area contributed by atoms with E-state index in [1.807, 2.05) is 24.4 Å². The number of hydrazone groups is 1. The molecule has 26 heavy (non-hydrogen) atoms. The van der Waals surface area contributed by atoms with Gasteiger partial charge in [-0.1, -0.05) is 47.0 Å². The third-order valence-electron chi connectivity index (χ3n) is 4.08. The molecule has 0 atom stereocenters. The first-order valence-corrected chi connectivity index (χ1v) is 9.78. The van der Waals surface area contributed by atoms with Gasteiger partial charge < -0.3 is 0 Å². The maximum Gasteiger partial charge on any atom is 0.203 e. The van der Waals surface area contributed by atoms with Gasteiger partial charge in [0.25, 0.3) is 0 Å². The predicted molar refractivity (Wildman–Crippen MR) is 114 cm³/mol. The van der Waals surface area contributed by atoms with Gasteiger partial charge in [0.1, 0.15) is 0 Å². The number of anilines is 1. The number of aromatic nitrogens is 1. The summed E-state index contributed by atoms with van der Waals surface area (Å²) >= 11 is 13.6. The topological polar surface area (TPSA) is 37.3 Å². The highest BCUT2D eigenvalue weighted by molar-refractivity contribution is 7.14. The zero-order valence-corrected chi connectivity index (χ0v) is 17.4. The van der Waals surface area contributed by atoms with E-state index >= 15 is 0 Å². The molecule has 0 aliphatic carbocycles. The van der Waals surface area contributed by atoms with Crippen LogP contribution in [0.4, 0.5) is 5.13 Å². The van der Waals surface area contributed by atoms with Crippen molar-refractivity contribution in [1.82, 2.24) is 4.98 Å². The molecule has 1 aromatic heterocycles. The van der Waals surface area contributed by atoms with Gasteiger partial charge >= 0.3 is 0 Å². The van der Waals surface area contributed by atoms with Crippen LogP contribution < -0.4 is 5.43 Å². The standard InChI is InChI=1S/C20H19Cl2N3S/c1-11-7-12(2)19(13(3)8-11)14(4)24-25-20-23-18(10-26-20)15-5-6-16(21)17(22)9-15/h5-10H,1-4H3,(H,23,25)/b24-14-. The van der Waals surface area contributed by atoms with Crippen molar-refractivity contribution < 1.29 is 0 Å². The SMILES string of the molecule is C/C(=N/Nc1nc(-c2ccc(Cl)c(Cl)c2)cs1)c1c(C)cc(C)cc1C. The van der Waals surface area contributed by atoms with Gasteiger partial charge in [-0.3, -0.25) is 5.43 Å². The van der Waals surface area contributed by atoms with E-state index < -0.39 is 0 Å². The Balaban J connectivity index is 1.81. The van der Waals surface area contributed by atoms with Crippen molar-refractivity contribution in [3.8, 4) is 11.3 Å². The minimum Gasteiger partial charge on any atom is -0.252 e. The number of benzene rings is 2. The summed E-state index contributed by atoms with van der Waals surface area (Å²) in [6, 6.07) is 9.84. The van der Waals surface area contributed by atoms with Crippen LogP contribution in [0, 0.1) is 20.8 Å². The number of nitrogens with zero attached hydrogens (tertiary/aromatic N) is 2. The van der Waals surface area contributed by atoms with Crippen molar-refractivity contribution in [1.29, 1.82) is 0 Å². The van der Waals surface area contributed by atoms with Crippen LogP contribution in [-0.4, -0.2) is 10.7 Å². The van der Waals surface area contributed by atoms with Gasteiger partial charge in [0.05, 0.1) is 21.5 Å². The highest BCUT2D eigenvalue weighted by atomic mass is 35.5. The van der Waals surface area contributed by atoms with E-state index in [4.69, 9.17) is 23.2 Å². The van der Waals surface area contributed by atoms with Gasteiger partial charge in [0.2, 0.25) is 5.13 Å². The second-order valence-electron chi connectivity index (χ2n) is 6.25. The van der Waals surface area contributed by atoms with Crippen LogP contribution in [0.15, 0.2) is 40.8 Å². The zero-order chi connectivity index (χ0) is 18.8. The second-order valence-corrected chi connectivity index (χ2v) is 7.92. The van der Waals surface area contributed by atoms with E-state index in [2.05, 4.69) is 48.4 Å². The van der Waals surface area contributed by atoms with E-state index in [-0.39, 0.29) is 0 Å². The summed E-state index contributed by atoms with van der Waals surface area (Å²) in [7, 11) is 0. The Labute approximate surface area is 167 Å². The first-order valence-electron chi connectivity index (χ1n) is 8.14.